The number of amides is 1. The van der Waals surface area contributed by atoms with Crippen molar-refractivity contribution in [2.75, 3.05) is 11.1 Å². The second-order valence-electron chi connectivity index (χ2n) is 7.63. The summed E-state index contributed by atoms with van der Waals surface area (Å²) in [5.41, 5.74) is 2.25. The summed E-state index contributed by atoms with van der Waals surface area (Å²) in [6, 6.07) is 19.4. The van der Waals surface area contributed by atoms with Crippen molar-refractivity contribution < 1.29 is 14.0 Å². The molecule has 4 rings (SSSR count). The lowest BCUT2D eigenvalue weighted by Crippen LogP contribution is -2.30. The number of ketones is 1. The largest absolute Gasteiger partial charge is 0.468 e. The van der Waals surface area contributed by atoms with Crippen molar-refractivity contribution in [3.05, 3.63) is 110 Å². The third kappa shape index (κ3) is 5.46. The number of hydrogen-bond donors (Lipinski definition) is 2. The van der Waals surface area contributed by atoms with Crippen molar-refractivity contribution >= 4 is 52.3 Å². The number of anilines is 1. The number of nitriles is 1. The fraction of sp³-hybridized carbons (Fsp3) is 0.115. The molecule has 0 unspecified atom stereocenters. The van der Waals surface area contributed by atoms with Crippen LogP contribution >= 0.6 is 35.0 Å². The van der Waals surface area contributed by atoms with E-state index in [4.69, 9.17) is 27.6 Å². The van der Waals surface area contributed by atoms with Gasteiger partial charge in [0.1, 0.15) is 5.76 Å². The number of thioether (sulfide) groups is 1. The van der Waals surface area contributed by atoms with E-state index in [9.17, 15) is 14.9 Å². The van der Waals surface area contributed by atoms with Gasteiger partial charge in [-0.2, -0.15) is 5.26 Å². The molecule has 9 heteroatoms. The number of dihydropyridines is 1. The van der Waals surface area contributed by atoms with Gasteiger partial charge >= 0.3 is 0 Å². The molecule has 1 aromatic heterocycles. The highest BCUT2D eigenvalue weighted by Crippen LogP contribution is 2.41. The van der Waals surface area contributed by atoms with Gasteiger partial charge in [0.15, 0.2) is 5.78 Å². The van der Waals surface area contributed by atoms with Crippen molar-refractivity contribution in [1.29, 1.82) is 5.26 Å². The van der Waals surface area contributed by atoms with E-state index >= 15 is 0 Å². The van der Waals surface area contributed by atoms with Crippen LogP contribution in [0.1, 0.15) is 29.0 Å². The van der Waals surface area contributed by atoms with Crippen molar-refractivity contribution in [2.24, 2.45) is 0 Å². The highest BCUT2D eigenvalue weighted by molar-refractivity contribution is 8.03. The third-order valence-electron chi connectivity index (χ3n) is 5.34. The van der Waals surface area contributed by atoms with Crippen LogP contribution in [-0.4, -0.2) is 17.4 Å². The summed E-state index contributed by atoms with van der Waals surface area (Å²) in [5, 5.41) is 17.3. The zero-order valence-corrected chi connectivity index (χ0v) is 20.8. The van der Waals surface area contributed by atoms with Gasteiger partial charge in [0.25, 0.3) is 5.91 Å². The molecular formula is C26H19Cl2N3O3S. The van der Waals surface area contributed by atoms with E-state index < -0.39 is 5.92 Å². The fourth-order valence-corrected chi connectivity index (χ4v) is 4.96. The molecule has 2 N–H and O–H groups in total. The molecule has 1 aliphatic rings. The van der Waals surface area contributed by atoms with Crippen LogP contribution in [0.3, 0.4) is 0 Å². The smallest absolute Gasteiger partial charge is 0.254 e. The zero-order chi connectivity index (χ0) is 24.9. The Hall–Kier alpha value is -3.44. The first-order chi connectivity index (χ1) is 16.9. The minimum atomic E-state index is -0.734. The Balaban J connectivity index is 1.63. The van der Waals surface area contributed by atoms with Crippen LogP contribution in [-0.2, 0) is 4.79 Å². The van der Waals surface area contributed by atoms with Gasteiger partial charge in [0, 0.05) is 16.9 Å². The molecule has 0 aliphatic carbocycles. The van der Waals surface area contributed by atoms with Crippen LogP contribution in [0.5, 0.6) is 0 Å². The van der Waals surface area contributed by atoms with Crippen LogP contribution in [0.4, 0.5) is 5.69 Å². The first kappa shape index (κ1) is 24.7. The topological polar surface area (TPSA) is 95.1 Å². The third-order valence-corrected chi connectivity index (χ3v) is 7.10. The number of furan rings is 1. The number of para-hydroxylation sites is 1. The molecule has 176 valence electrons. The lowest BCUT2D eigenvalue weighted by molar-refractivity contribution is -0.113. The molecule has 0 spiro atoms. The number of halogens is 2. The average Bonchev–Trinajstić information content (AvgIpc) is 3.39. The summed E-state index contributed by atoms with van der Waals surface area (Å²) >= 11 is 13.2. The molecular weight excluding hydrogens is 505 g/mol. The van der Waals surface area contributed by atoms with Crippen LogP contribution in [0.15, 0.2) is 93.2 Å². The van der Waals surface area contributed by atoms with E-state index in [-0.39, 0.29) is 23.0 Å². The first-order valence-electron chi connectivity index (χ1n) is 10.5. The molecule has 1 aliphatic heterocycles. The van der Waals surface area contributed by atoms with E-state index in [0.29, 0.717) is 43.4 Å². The van der Waals surface area contributed by atoms with Gasteiger partial charge in [-0.3, -0.25) is 9.59 Å². The highest BCUT2D eigenvalue weighted by atomic mass is 35.5. The summed E-state index contributed by atoms with van der Waals surface area (Å²) in [5.74, 6) is -0.762. The molecule has 0 radical (unpaired) electrons. The van der Waals surface area contributed by atoms with E-state index in [1.807, 2.05) is 18.2 Å². The number of Topliss-reactive ketones (excluding diaryl/α,β-unsaturated/α-hetero) is 1. The molecule has 6 nitrogen and oxygen atoms in total. The molecule has 1 atom stereocenters. The lowest BCUT2D eigenvalue weighted by Gasteiger charge is -2.28. The predicted octanol–water partition coefficient (Wildman–Crippen LogP) is 6.54. The Morgan fingerprint density at radius 2 is 1.89 bits per heavy atom. The lowest BCUT2D eigenvalue weighted by atomic mass is 9.85. The highest BCUT2D eigenvalue weighted by Gasteiger charge is 2.36. The molecule has 35 heavy (non-hydrogen) atoms. The van der Waals surface area contributed by atoms with Crippen molar-refractivity contribution in [3.8, 4) is 6.07 Å². The van der Waals surface area contributed by atoms with Crippen molar-refractivity contribution in [1.82, 2.24) is 5.32 Å². The van der Waals surface area contributed by atoms with Gasteiger partial charge < -0.3 is 15.1 Å². The molecule has 0 saturated carbocycles. The van der Waals surface area contributed by atoms with Crippen molar-refractivity contribution in [3.63, 3.8) is 0 Å². The molecule has 0 fully saturated rings. The van der Waals surface area contributed by atoms with Crippen LogP contribution in [0, 0.1) is 11.3 Å². The van der Waals surface area contributed by atoms with Gasteiger partial charge in [-0.15, -0.1) is 0 Å². The minimum absolute atomic E-state index is 0.0508. The van der Waals surface area contributed by atoms with E-state index in [1.165, 1.54) is 24.1 Å². The monoisotopic (exact) mass is 523 g/mol. The van der Waals surface area contributed by atoms with Gasteiger partial charge in [-0.05, 0) is 49.4 Å². The van der Waals surface area contributed by atoms with Crippen LogP contribution in [0.2, 0.25) is 10.0 Å². The van der Waals surface area contributed by atoms with Crippen LogP contribution in [0.25, 0.3) is 0 Å². The number of allylic oxidation sites excluding steroid dienone is 2. The van der Waals surface area contributed by atoms with E-state index in [2.05, 4.69) is 16.7 Å². The van der Waals surface area contributed by atoms with Gasteiger partial charge in [0.2, 0.25) is 0 Å². The average molecular weight is 524 g/mol. The molecule has 0 saturated heterocycles. The Morgan fingerprint density at radius 1 is 1.11 bits per heavy atom. The van der Waals surface area contributed by atoms with Gasteiger partial charge in [-0.1, -0.05) is 53.2 Å². The standard InChI is InChI=1S/C26H19Cl2N3O3S/c1-15-23(25(33)31-17-6-3-2-4-7-17)24(22-8-5-11-34-22)18(13-29)26(30-15)35-14-21(32)16-9-10-19(27)20(28)12-16/h2-12,24,30H,14H2,1H3,(H,31,33)/t24-/m0/s1. The maximum Gasteiger partial charge on any atom is 0.254 e. The number of benzene rings is 2. The Labute approximate surface area is 216 Å². The molecule has 3 aromatic rings. The molecule has 2 aromatic carbocycles. The number of carbonyl (C=O) groups excluding carboxylic acids is 2. The Kier molecular flexibility index (Phi) is 7.67. The summed E-state index contributed by atoms with van der Waals surface area (Å²) in [6.45, 7) is 1.76. The number of rotatable bonds is 7. The number of hydrogen-bond acceptors (Lipinski definition) is 6. The molecule has 1 amide bonds. The maximum absolute atomic E-state index is 13.3. The molecule has 2 heterocycles. The van der Waals surface area contributed by atoms with Gasteiger partial charge in [-0.25, -0.2) is 0 Å². The van der Waals surface area contributed by atoms with Gasteiger partial charge in [0.05, 0.1) is 50.2 Å². The SMILES string of the molecule is CC1=C(C(=O)Nc2ccccc2)[C@H](c2ccco2)C(C#N)=C(SCC(=O)c2ccc(Cl)c(Cl)c2)N1. The number of nitrogens with one attached hydrogen (secondary N) is 2. The normalized spacial score (nSPS) is 15.4. The Bertz CT molecular complexity index is 1380. The van der Waals surface area contributed by atoms with Crippen molar-refractivity contribution in [2.45, 2.75) is 12.8 Å². The summed E-state index contributed by atoms with van der Waals surface area (Å²) < 4.78 is 5.62. The van der Waals surface area contributed by atoms with E-state index in [0.717, 1.165) is 0 Å². The van der Waals surface area contributed by atoms with Crippen LogP contribution < -0.4 is 10.6 Å². The summed E-state index contributed by atoms with van der Waals surface area (Å²) in [6.07, 6.45) is 1.50. The Morgan fingerprint density at radius 3 is 2.54 bits per heavy atom. The summed E-state index contributed by atoms with van der Waals surface area (Å²) in [4.78, 5) is 26.1. The quantitative estimate of drug-likeness (QED) is 0.341. The second-order valence-corrected chi connectivity index (χ2v) is 9.43. The number of nitrogens with zero attached hydrogens (tertiary/aromatic N) is 1. The fourth-order valence-electron chi connectivity index (χ4n) is 3.68. The minimum Gasteiger partial charge on any atom is -0.468 e. The summed E-state index contributed by atoms with van der Waals surface area (Å²) in [7, 11) is 0. The number of carbonyl (C=O) groups is 2. The first-order valence-corrected chi connectivity index (χ1v) is 12.3. The molecule has 0 bridgehead atoms. The second kappa shape index (κ2) is 10.9. The predicted molar refractivity (Wildman–Crippen MR) is 138 cm³/mol. The zero-order valence-electron chi connectivity index (χ0n) is 18.5. The van der Waals surface area contributed by atoms with E-state index in [1.54, 1.807) is 43.3 Å². The maximum atomic E-state index is 13.3.